The monoisotopic (exact) mass is 303 g/mol. The van der Waals surface area contributed by atoms with Crippen molar-refractivity contribution in [3.8, 4) is 17.3 Å². The lowest BCUT2D eigenvalue weighted by Crippen LogP contribution is -1.90. The van der Waals surface area contributed by atoms with Crippen molar-refractivity contribution >= 4 is 22.6 Å². The van der Waals surface area contributed by atoms with Gasteiger partial charge in [-0.15, -0.1) is 10.2 Å². The maximum atomic E-state index is 5.26. The third-order valence-corrected chi connectivity index (χ3v) is 2.03. The molecule has 0 aliphatic heterocycles. The molecule has 0 aromatic carbocycles. The molecule has 2 aromatic rings. The van der Waals surface area contributed by atoms with Gasteiger partial charge in [-0.3, -0.25) is 0 Å². The summed E-state index contributed by atoms with van der Waals surface area (Å²) in [6, 6.07) is 3.60. The van der Waals surface area contributed by atoms with Crippen LogP contribution in [0.25, 0.3) is 11.5 Å². The highest BCUT2D eigenvalue weighted by atomic mass is 127. The number of hydrogen-bond donors (Lipinski definition) is 0. The van der Waals surface area contributed by atoms with E-state index in [-0.39, 0.29) is 0 Å². The number of rotatable bonds is 2. The summed E-state index contributed by atoms with van der Waals surface area (Å²) < 4.78 is 10.8. The van der Waals surface area contributed by atoms with Crippen LogP contribution in [0.1, 0.15) is 0 Å². The van der Waals surface area contributed by atoms with Crippen LogP contribution in [-0.2, 0) is 0 Å². The molecular formula is C8H6IN3O2. The summed E-state index contributed by atoms with van der Waals surface area (Å²) in [6.07, 6.45) is 1.64. The molecule has 14 heavy (non-hydrogen) atoms. The van der Waals surface area contributed by atoms with E-state index in [0.717, 1.165) is 0 Å². The van der Waals surface area contributed by atoms with Crippen LogP contribution in [0.3, 0.4) is 0 Å². The molecule has 0 N–H and O–H groups in total. The molecule has 2 aromatic heterocycles. The molecule has 72 valence electrons. The largest absolute Gasteiger partial charge is 0.480 e. The second-order valence-electron chi connectivity index (χ2n) is 2.42. The molecule has 0 saturated carbocycles. The third-order valence-electron chi connectivity index (χ3n) is 1.60. The van der Waals surface area contributed by atoms with E-state index in [2.05, 4.69) is 15.2 Å². The van der Waals surface area contributed by atoms with Gasteiger partial charge < -0.3 is 9.15 Å². The number of ether oxygens (including phenoxy) is 1. The molecule has 0 saturated heterocycles. The van der Waals surface area contributed by atoms with Gasteiger partial charge in [0.15, 0.2) is 0 Å². The van der Waals surface area contributed by atoms with E-state index in [1.54, 1.807) is 19.4 Å². The summed E-state index contributed by atoms with van der Waals surface area (Å²) in [6.45, 7) is 0. The Morgan fingerprint density at radius 2 is 2.29 bits per heavy atom. The standard InChI is InChI=1S/C8H6IN3O2/c1-13-6-5(3-2-4-10-6)7-11-12-8(9)14-7/h2-4H,1H3. The smallest absolute Gasteiger partial charge is 0.278 e. The summed E-state index contributed by atoms with van der Waals surface area (Å²) in [4.78, 5) is 4.03. The molecule has 0 aliphatic carbocycles. The van der Waals surface area contributed by atoms with Crippen molar-refractivity contribution in [1.82, 2.24) is 15.2 Å². The minimum absolute atomic E-state index is 0.416. The van der Waals surface area contributed by atoms with Gasteiger partial charge in [0.1, 0.15) is 5.56 Å². The van der Waals surface area contributed by atoms with E-state index >= 15 is 0 Å². The lowest BCUT2D eigenvalue weighted by molar-refractivity contribution is 0.397. The highest BCUT2D eigenvalue weighted by molar-refractivity contribution is 14.1. The Balaban J connectivity index is 2.50. The fourth-order valence-electron chi connectivity index (χ4n) is 1.03. The van der Waals surface area contributed by atoms with Crippen molar-refractivity contribution in [2.75, 3.05) is 7.11 Å². The van der Waals surface area contributed by atoms with Gasteiger partial charge in [-0.2, -0.15) is 0 Å². The lowest BCUT2D eigenvalue weighted by atomic mass is 10.3. The van der Waals surface area contributed by atoms with Crippen molar-refractivity contribution < 1.29 is 9.15 Å². The zero-order valence-electron chi connectivity index (χ0n) is 7.27. The van der Waals surface area contributed by atoms with Crippen LogP contribution in [0.4, 0.5) is 0 Å². The maximum absolute atomic E-state index is 5.26. The Bertz CT molecular complexity index is 444. The van der Waals surface area contributed by atoms with Gasteiger partial charge in [-0.25, -0.2) is 4.98 Å². The first-order valence-corrected chi connectivity index (χ1v) is 4.87. The number of nitrogens with zero attached hydrogens (tertiary/aromatic N) is 3. The topological polar surface area (TPSA) is 61.0 Å². The van der Waals surface area contributed by atoms with Crippen molar-refractivity contribution in [3.63, 3.8) is 0 Å². The van der Waals surface area contributed by atoms with E-state index in [9.17, 15) is 0 Å². The number of hydrogen-bond acceptors (Lipinski definition) is 5. The maximum Gasteiger partial charge on any atom is 0.278 e. The Morgan fingerprint density at radius 3 is 2.93 bits per heavy atom. The number of halogens is 1. The molecule has 0 bridgehead atoms. The Labute approximate surface area is 93.7 Å². The Morgan fingerprint density at radius 1 is 1.43 bits per heavy atom. The molecule has 0 fully saturated rings. The SMILES string of the molecule is COc1ncccc1-c1nnc(I)o1. The molecule has 2 rings (SSSR count). The summed E-state index contributed by atoms with van der Waals surface area (Å²) >= 11 is 1.95. The fourth-order valence-corrected chi connectivity index (χ4v) is 1.35. The molecule has 6 heteroatoms. The number of pyridine rings is 1. The van der Waals surface area contributed by atoms with Crippen LogP contribution >= 0.6 is 22.6 Å². The Kier molecular flexibility index (Phi) is 2.62. The molecule has 0 amide bonds. The Hall–Kier alpha value is -1.18. The third kappa shape index (κ3) is 1.69. The van der Waals surface area contributed by atoms with E-state index in [1.807, 2.05) is 28.7 Å². The van der Waals surface area contributed by atoms with Gasteiger partial charge in [0.25, 0.3) is 9.79 Å². The summed E-state index contributed by atoms with van der Waals surface area (Å²) in [5, 5.41) is 7.61. The van der Waals surface area contributed by atoms with Crippen LogP contribution < -0.4 is 4.74 Å². The second-order valence-corrected chi connectivity index (χ2v) is 3.34. The average molecular weight is 303 g/mol. The van der Waals surface area contributed by atoms with Gasteiger partial charge in [0, 0.05) is 28.8 Å². The van der Waals surface area contributed by atoms with Gasteiger partial charge in [-0.05, 0) is 12.1 Å². The van der Waals surface area contributed by atoms with Crippen molar-refractivity contribution in [2.45, 2.75) is 0 Å². The van der Waals surface area contributed by atoms with Crippen LogP contribution in [0, 0.1) is 3.90 Å². The zero-order chi connectivity index (χ0) is 9.97. The summed E-state index contributed by atoms with van der Waals surface area (Å²) in [5.74, 6) is 0.895. The van der Waals surface area contributed by atoms with Gasteiger partial charge in [-0.1, -0.05) is 0 Å². The van der Waals surface area contributed by atoms with Crippen molar-refractivity contribution in [3.05, 3.63) is 22.2 Å². The van der Waals surface area contributed by atoms with E-state index in [1.165, 1.54) is 0 Å². The molecule has 0 spiro atoms. The van der Waals surface area contributed by atoms with Gasteiger partial charge in [0.05, 0.1) is 7.11 Å². The van der Waals surface area contributed by atoms with E-state index in [0.29, 0.717) is 21.2 Å². The first-order chi connectivity index (χ1) is 6.81. The van der Waals surface area contributed by atoms with Crippen LogP contribution in [0.5, 0.6) is 5.88 Å². The highest BCUT2D eigenvalue weighted by Crippen LogP contribution is 2.26. The average Bonchev–Trinajstić information content (AvgIpc) is 2.65. The number of methoxy groups -OCH3 is 1. The van der Waals surface area contributed by atoms with Crippen LogP contribution in [0.2, 0.25) is 0 Å². The molecule has 5 nitrogen and oxygen atoms in total. The minimum atomic E-state index is 0.416. The van der Waals surface area contributed by atoms with E-state index < -0.39 is 0 Å². The molecule has 0 atom stereocenters. The normalized spacial score (nSPS) is 10.1. The van der Waals surface area contributed by atoms with Crippen LogP contribution in [-0.4, -0.2) is 22.3 Å². The summed E-state index contributed by atoms with van der Waals surface area (Å²) in [7, 11) is 1.55. The number of aromatic nitrogens is 3. The van der Waals surface area contributed by atoms with Gasteiger partial charge >= 0.3 is 0 Å². The minimum Gasteiger partial charge on any atom is -0.480 e. The summed E-state index contributed by atoms with van der Waals surface area (Å²) in [5.41, 5.74) is 0.699. The molecular weight excluding hydrogens is 297 g/mol. The molecule has 2 heterocycles. The van der Waals surface area contributed by atoms with E-state index in [4.69, 9.17) is 9.15 Å². The molecule has 0 aliphatic rings. The zero-order valence-corrected chi connectivity index (χ0v) is 9.43. The van der Waals surface area contributed by atoms with Crippen molar-refractivity contribution in [2.24, 2.45) is 0 Å². The van der Waals surface area contributed by atoms with Crippen LogP contribution in [0.15, 0.2) is 22.7 Å². The lowest BCUT2D eigenvalue weighted by Gasteiger charge is -2.01. The molecule has 0 radical (unpaired) electrons. The first-order valence-electron chi connectivity index (χ1n) is 3.79. The fraction of sp³-hybridized carbons (Fsp3) is 0.125. The quantitative estimate of drug-likeness (QED) is 0.791. The molecule has 0 unspecified atom stereocenters. The first kappa shape index (κ1) is 9.38. The predicted octanol–water partition coefficient (Wildman–Crippen LogP) is 1.74. The highest BCUT2D eigenvalue weighted by Gasteiger charge is 2.12. The predicted molar refractivity (Wildman–Crippen MR) is 56.8 cm³/mol. The van der Waals surface area contributed by atoms with Crippen molar-refractivity contribution in [1.29, 1.82) is 0 Å². The van der Waals surface area contributed by atoms with Gasteiger partial charge in [0.2, 0.25) is 5.88 Å². The second kappa shape index (κ2) is 3.91.